The van der Waals surface area contributed by atoms with E-state index in [1.54, 1.807) is 25.1 Å². The van der Waals surface area contributed by atoms with Crippen molar-refractivity contribution in [3.63, 3.8) is 0 Å². The lowest BCUT2D eigenvalue weighted by Crippen LogP contribution is -2.34. The van der Waals surface area contributed by atoms with Gasteiger partial charge in [0.15, 0.2) is 6.61 Å². The van der Waals surface area contributed by atoms with Crippen molar-refractivity contribution in [1.29, 1.82) is 0 Å². The Hall–Kier alpha value is -3.49. The molecular weight excluding hydrogens is 368 g/mol. The Kier molecular flexibility index (Phi) is 7.44. The maximum atomic E-state index is 12.2. The average molecular weight is 390 g/mol. The number of carbonyl (C=O) groups is 3. The minimum Gasteiger partial charge on any atom is -0.497 e. The third-order valence-electron chi connectivity index (χ3n) is 3.72. The molecule has 9 nitrogen and oxygen atoms in total. The summed E-state index contributed by atoms with van der Waals surface area (Å²) in [5.74, 6) is -0.278. The van der Waals surface area contributed by atoms with Crippen LogP contribution in [0.1, 0.15) is 29.1 Å². The summed E-state index contributed by atoms with van der Waals surface area (Å²) in [6.45, 7) is 0.882. The van der Waals surface area contributed by atoms with Gasteiger partial charge in [0.1, 0.15) is 23.8 Å². The van der Waals surface area contributed by atoms with E-state index in [9.17, 15) is 14.4 Å². The summed E-state index contributed by atoms with van der Waals surface area (Å²) in [5, 5.41) is 5.05. The fourth-order valence-electron chi connectivity index (χ4n) is 2.28. The van der Waals surface area contributed by atoms with E-state index in [2.05, 4.69) is 10.6 Å². The van der Waals surface area contributed by atoms with Crippen LogP contribution in [-0.2, 0) is 14.3 Å². The van der Waals surface area contributed by atoms with E-state index in [1.165, 1.54) is 32.6 Å². The highest BCUT2D eigenvalue weighted by Gasteiger charge is 2.15. The molecular formula is C19H22N2O7. The number of hydrogen-bond donors (Lipinski definition) is 2. The molecule has 2 aromatic rings. The van der Waals surface area contributed by atoms with Gasteiger partial charge in [-0.1, -0.05) is 0 Å². The molecule has 0 radical (unpaired) electrons. The zero-order valence-corrected chi connectivity index (χ0v) is 15.8. The van der Waals surface area contributed by atoms with Gasteiger partial charge in [-0.05, 0) is 31.2 Å². The molecule has 0 fully saturated rings. The first-order chi connectivity index (χ1) is 13.4. The van der Waals surface area contributed by atoms with Gasteiger partial charge in [-0.2, -0.15) is 0 Å². The SMILES string of the molecule is COc1cc(OC)cc(C(=O)NCC(=O)OCC(=O)N[C@H](C)c2ccco2)c1. The van der Waals surface area contributed by atoms with Crippen LogP contribution in [0.5, 0.6) is 11.5 Å². The number of nitrogens with one attached hydrogen (secondary N) is 2. The van der Waals surface area contributed by atoms with Crippen molar-refractivity contribution in [2.45, 2.75) is 13.0 Å². The third kappa shape index (κ3) is 6.04. The molecule has 0 saturated carbocycles. The van der Waals surface area contributed by atoms with Crippen LogP contribution < -0.4 is 20.1 Å². The van der Waals surface area contributed by atoms with Gasteiger partial charge < -0.3 is 29.3 Å². The monoisotopic (exact) mass is 390 g/mol. The van der Waals surface area contributed by atoms with Crippen LogP contribution in [-0.4, -0.2) is 45.2 Å². The van der Waals surface area contributed by atoms with E-state index in [0.29, 0.717) is 17.3 Å². The lowest BCUT2D eigenvalue weighted by atomic mass is 10.2. The van der Waals surface area contributed by atoms with Crippen molar-refractivity contribution in [3.8, 4) is 11.5 Å². The van der Waals surface area contributed by atoms with Crippen LogP contribution in [0.2, 0.25) is 0 Å². The van der Waals surface area contributed by atoms with Gasteiger partial charge in [-0.25, -0.2) is 0 Å². The number of amides is 2. The molecule has 2 amide bonds. The number of rotatable bonds is 9. The molecule has 0 bridgehead atoms. The summed E-state index contributed by atoms with van der Waals surface area (Å²) < 4.78 is 20.2. The summed E-state index contributed by atoms with van der Waals surface area (Å²) in [5.41, 5.74) is 0.258. The molecule has 1 atom stereocenters. The molecule has 2 N–H and O–H groups in total. The normalized spacial score (nSPS) is 11.2. The van der Waals surface area contributed by atoms with Crippen LogP contribution in [0, 0.1) is 0 Å². The maximum Gasteiger partial charge on any atom is 0.325 e. The number of ether oxygens (including phenoxy) is 3. The number of methoxy groups -OCH3 is 2. The molecule has 9 heteroatoms. The quantitative estimate of drug-likeness (QED) is 0.623. The molecule has 1 aromatic heterocycles. The minimum atomic E-state index is -0.746. The lowest BCUT2D eigenvalue weighted by molar-refractivity contribution is -0.147. The molecule has 28 heavy (non-hydrogen) atoms. The van der Waals surface area contributed by atoms with Crippen molar-refractivity contribution in [3.05, 3.63) is 47.9 Å². The van der Waals surface area contributed by atoms with Gasteiger partial charge in [0, 0.05) is 11.6 Å². The molecule has 0 unspecified atom stereocenters. The molecule has 0 saturated heterocycles. The minimum absolute atomic E-state index is 0.258. The van der Waals surface area contributed by atoms with Crippen molar-refractivity contribution in [2.24, 2.45) is 0 Å². The second kappa shape index (κ2) is 10.0. The molecule has 0 aliphatic rings. The maximum absolute atomic E-state index is 12.2. The van der Waals surface area contributed by atoms with E-state index in [1.807, 2.05) is 0 Å². The first kappa shape index (κ1) is 20.8. The van der Waals surface area contributed by atoms with Crippen LogP contribution in [0.4, 0.5) is 0 Å². The molecule has 1 aromatic carbocycles. The van der Waals surface area contributed by atoms with Gasteiger partial charge >= 0.3 is 5.97 Å². The molecule has 0 aliphatic heterocycles. The summed E-state index contributed by atoms with van der Waals surface area (Å²) >= 11 is 0. The second-order valence-corrected chi connectivity index (χ2v) is 5.75. The van der Waals surface area contributed by atoms with E-state index < -0.39 is 24.4 Å². The molecule has 0 spiro atoms. The van der Waals surface area contributed by atoms with Gasteiger partial charge in [0.05, 0.1) is 26.5 Å². The van der Waals surface area contributed by atoms with E-state index in [4.69, 9.17) is 18.6 Å². The number of hydrogen-bond acceptors (Lipinski definition) is 7. The predicted molar refractivity (Wildman–Crippen MR) is 98.1 cm³/mol. The second-order valence-electron chi connectivity index (χ2n) is 5.75. The molecule has 0 aliphatic carbocycles. The first-order valence-electron chi connectivity index (χ1n) is 8.42. The van der Waals surface area contributed by atoms with Crippen molar-refractivity contribution < 1.29 is 33.0 Å². The Bertz CT molecular complexity index is 795. The summed E-state index contributed by atoms with van der Waals surface area (Å²) in [4.78, 5) is 35.7. The van der Waals surface area contributed by atoms with E-state index in [0.717, 1.165) is 0 Å². The Morgan fingerprint density at radius 1 is 1.11 bits per heavy atom. The van der Waals surface area contributed by atoms with Crippen molar-refractivity contribution >= 4 is 17.8 Å². The van der Waals surface area contributed by atoms with Gasteiger partial charge in [-0.3, -0.25) is 14.4 Å². The van der Waals surface area contributed by atoms with Crippen LogP contribution in [0.25, 0.3) is 0 Å². The van der Waals surface area contributed by atoms with Crippen molar-refractivity contribution in [2.75, 3.05) is 27.4 Å². The van der Waals surface area contributed by atoms with Crippen molar-refractivity contribution in [1.82, 2.24) is 10.6 Å². The third-order valence-corrected chi connectivity index (χ3v) is 3.72. The number of esters is 1. The molecule has 1 heterocycles. The highest BCUT2D eigenvalue weighted by molar-refractivity contribution is 5.96. The Morgan fingerprint density at radius 2 is 1.79 bits per heavy atom. The number of benzene rings is 1. The largest absolute Gasteiger partial charge is 0.497 e. The summed E-state index contributed by atoms with van der Waals surface area (Å²) in [6.07, 6.45) is 1.50. The highest BCUT2D eigenvalue weighted by Crippen LogP contribution is 2.22. The standard InChI is InChI=1S/C19H22N2O7/c1-12(16-5-4-6-27-16)21-17(22)11-28-18(23)10-20-19(24)13-7-14(25-2)9-15(8-13)26-3/h4-9,12H,10-11H2,1-3H3,(H,20,24)(H,21,22)/t12-/m1/s1. The first-order valence-corrected chi connectivity index (χ1v) is 8.42. The van der Waals surface area contributed by atoms with Crippen LogP contribution in [0.3, 0.4) is 0 Å². The predicted octanol–water partition coefficient (Wildman–Crippen LogP) is 1.45. The topological polar surface area (TPSA) is 116 Å². The fourth-order valence-corrected chi connectivity index (χ4v) is 2.28. The molecule has 2 rings (SSSR count). The lowest BCUT2D eigenvalue weighted by Gasteiger charge is -2.12. The van der Waals surface area contributed by atoms with Gasteiger partial charge in [0.25, 0.3) is 11.8 Å². The summed E-state index contributed by atoms with van der Waals surface area (Å²) in [6, 6.07) is 7.70. The Morgan fingerprint density at radius 3 is 2.36 bits per heavy atom. The fraction of sp³-hybridized carbons (Fsp3) is 0.316. The zero-order valence-electron chi connectivity index (χ0n) is 15.8. The average Bonchev–Trinajstić information content (AvgIpc) is 3.25. The Balaban J connectivity index is 1.77. The molecule has 150 valence electrons. The smallest absolute Gasteiger partial charge is 0.325 e. The van der Waals surface area contributed by atoms with Gasteiger partial charge in [0.2, 0.25) is 0 Å². The number of carbonyl (C=O) groups excluding carboxylic acids is 3. The van der Waals surface area contributed by atoms with Crippen LogP contribution >= 0.6 is 0 Å². The van der Waals surface area contributed by atoms with E-state index in [-0.39, 0.29) is 18.2 Å². The zero-order chi connectivity index (χ0) is 20.5. The Labute approximate surface area is 161 Å². The van der Waals surface area contributed by atoms with Gasteiger partial charge in [-0.15, -0.1) is 0 Å². The van der Waals surface area contributed by atoms with E-state index >= 15 is 0 Å². The number of furan rings is 1. The highest BCUT2D eigenvalue weighted by atomic mass is 16.5. The summed E-state index contributed by atoms with van der Waals surface area (Å²) in [7, 11) is 2.93. The van der Waals surface area contributed by atoms with Crippen LogP contribution in [0.15, 0.2) is 41.0 Å².